The van der Waals surface area contributed by atoms with Gasteiger partial charge in [-0.25, -0.2) is 0 Å². The van der Waals surface area contributed by atoms with Gasteiger partial charge in [-0.1, -0.05) is 38.5 Å². The molecule has 3 N–H and O–H groups in total. The molecule has 2 saturated carbocycles. The fourth-order valence-electron chi connectivity index (χ4n) is 3.76. The van der Waals surface area contributed by atoms with E-state index in [0.717, 1.165) is 11.8 Å². The Balaban J connectivity index is 0.000000205. The standard InChI is InChI=1S/C13H25N.C4H4O2/c14-13(11-7-3-1-4-8-11)12-9-5-2-6-10-12;5-3-1-4(6)2-3/h11-13H,1-10,14H2;1,5H,2H2. The molecule has 3 aliphatic rings. The van der Waals surface area contributed by atoms with Crippen molar-refractivity contribution >= 4 is 5.78 Å². The van der Waals surface area contributed by atoms with Crippen LogP contribution in [0.3, 0.4) is 0 Å². The molecule has 0 aromatic carbocycles. The number of ketones is 1. The molecule has 0 aromatic heterocycles. The molecular formula is C17H29NO2. The zero-order valence-electron chi connectivity index (χ0n) is 12.5. The van der Waals surface area contributed by atoms with Gasteiger partial charge in [0, 0.05) is 12.1 Å². The Bertz CT molecular complexity index is 321. The molecule has 3 heteroatoms. The lowest BCUT2D eigenvalue weighted by molar-refractivity contribution is -0.116. The van der Waals surface area contributed by atoms with Crippen LogP contribution in [0.5, 0.6) is 0 Å². The van der Waals surface area contributed by atoms with Crippen molar-refractivity contribution in [1.82, 2.24) is 0 Å². The van der Waals surface area contributed by atoms with E-state index in [2.05, 4.69) is 0 Å². The van der Waals surface area contributed by atoms with Crippen LogP contribution in [0.25, 0.3) is 0 Å². The smallest absolute Gasteiger partial charge is 0.166 e. The van der Waals surface area contributed by atoms with E-state index in [0.29, 0.717) is 6.04 Å². The Morgan fingerprint density at radius 2 is 1.35 bits per heavy atom. The lowest BCUT2D eigenvalue weighted by Crippen LogP contribution is -2.39. The predicted octanol–water partition coefficient (Wildman–Crippen LogP) is 3.88. The highest BCUT2D eigenvalue weighted by Gasteiger charge is 2.28. The number of rotatable bonds is 2. The minimum absolute atomic E-state index is 0.0208. The Morgan fingerprint density at radius 1 is 0.950 bits per heavy atom. The minimum Gasteiger partial charge on any atom is -0.512 e. The maximum atomic E-state index is 9.87. The van der Waals surface area contributed by atoms with Crippen LogP contribution in [-0.2, 0) is 4.79 Å². The SMILES string of the molecule is NC(C1CCCCC1)C1CCCCC1.O=C1C=C(O)C1. The summed E-state index contributed by atoms with van der Waals surface area (Å²) in [7, 11) is 0. The van der Waals surface area contributed by atoms with Crippen LogP contribution in [0.4, 0.5) is 0 Å². The van der Waals surface area contributed by atoms with Crippen molar-refractivity contribution in [2.75, 3.05) is 0 Å². The number of aliphatic hydroxyl groups excluding tert-OH is 1. The summed E-state index contributed by atoms with van der Waals surface area (Å²) in [5, 5.41) is 8.26. The van der Waals surface area contributed by atoms with Crippen LogP contribution in [0.2, 0.25) is 0 Å². The molecule has 3 nitrogen and oxygen atoms in total. The topological polar surface area (TPSA) is 63.3 Å². The Kier molecular flexibility index (Phi) is 6.08. The summed E-state index contributed by atoms with van der Waals surface area (Å²) in [5.74, 6) is 1.96. The highest BCUT2D eigenvalue weighted by Crippen LogP contribution is 2.34. The molecule has 0 amide bonds. The fraction of sp³-hybridized carbons (Fsp3) is 0.824. The molecule has 0 spiro atoms. The van der Waals surface area contributed by atoms with Crippen molar-refractivity contribution < 1.29 is 9.90 Å². The number of aliphatic hydroxyl groups is 1. The first-order chi connectivity index (χ1) is 9.66. The number of carbonyl (C=O) groups excluding carboxylic acids is 1. The number of nitrogens with two attached hydrogens (primary N) is 1. The van der Waals surface area contributed by atoms with Crippen molar-refractivity contribution in [3.05, 3.63) is 11.8 Å². The third-order valence-electron chi connectivity index (χ3n) is 5.07. The number of carbonyl (C=O) groups is 1. The Morgan fingerprint density at radius 3 is 1.60 bits per heavy atom. The first kappa shape index (κ1) is 15.6. The quantitative estimate of drug-likeness (QED) is 0.806. The van der Waals surface area contributed by atoms with E-state index in [1.807, 2.05) is 0 Å². The van der Waals surface area contributed by atoms with Crippen molar-refractivity contribution in [3.8, 4) is 0 Å². The molecule has 0 unspecified atom stereocenters. The molecule has 20 heavy (non-hydrogen) atoms. The van der Waals surface area contributed by atoms with E-state index in [4.69, 9.17) is 10.8 Å². The van der Waals surface area contributed by atoms with E-state index < -0.39 is 0 Å². The van der Waals surface area contributed by atoms with Crippen LogP contribution in [0.15, 0.2) is 11.8 Å². The van der Waals surface area contributed by atoms with Gasteiger partial charge in [0.2, 0.25) is 0 Å². The monoisotopic (exact) mass is 279 g/mol. The third kappa shape index (κ3) is 4.62. The molecule has 0 aliphatic heterocycles. The van der Waals surface area contributed by atoms with Gasteiger partial charge in [0.25, 0.3) is 0 Å². The molecule has 0 radical (unpaired) electrons. The second-order valence-electron chi connectivity index (χ2n) is 6.65. The van der Waals surface area contributed by atoms with Crippen LogP contribution in [0, 0.1) is 11.8 Å². The molecule has 114 valence electrons. The highest BCUT2D eigenvalue weighted by atomic mass is 16.3. The van der Waals surface area contributed by atoms with Crippen molar-refractivity contribution in [3.63, 3.8) is 0 Å². The maximum Gasteiger partial charge on any atom is 0.166 e. The summed E-state index contributed by atoms with van der Waals surface area (Å²) in [4.78, 5) is 9.87. The van der Waals surface area contributed by atoms with Gasteiger partial charge in [0.05, 0.1) is 6.42 Å². The lowest BCUT2D eigenvalue weighted by Gasteiger charge is -2.35. The molecule has 3 aliphatic carbocycles. The van der Waals surface area contributed by atoms with Gasteiger partial charge in [-0.3, -0.25) is 4.79 Å². The Labute approximate surface area is 122 Å². The molecule has 0 bridgehead atoms. The predicted molar refractivity (Wildman–Crippen MR) is 81.5 cm³/mol. The first-order valence-corrected chi connectivity index (χ1v) is 8.35. The van der Waals surface area contributed by atoms with Crippen molar-refractivity contribution in [2.45, 2.75) is 76.7 Å². The summed E-state index contributed by atoms with van der Waals surface area (Å²) >= 11 is 0. The summed E-state index contributed by atoms with van der Waals surface area (Å²) < 4.78 is 0. The summed E-state index contributed by atoms with van der Waals surface area (Å²) in [6.45, 7) is 0. The molecule has 0 heterocycles. The number of hydrogen-bond acceptors (Lipinski definition) is 3. The van der Waals surface area contributed by atoms with Gasteiger partial charge in [0.15, 0.2) is 5.78 Å². The minimum atomic E-state index is 0.0208. The first-order valence-electron chi connectivity index (χ1n) is 8.35. The zero-order valence-corrected chi connectivity index (χ0v) is 12.5. The number of allylic oxidation sites excluding steroid dienone is 2. The van der Waals surface area contributed by atoms with Crippen molar-refractivity contribution in [1.29, 1.82) is 0 Å². The highest BCUT2D eigenvalue weighted by molar-refractivity contribution is 5.97. The Hall–Kier alpha value is -0.830. The van der Waals surface area contributed by atoms with Crippen molar-refractivity contribution in [2.24, 2.45) is 17.6 Å². The average Bonchev–Trinajstić information content (AvgIpc) is 2.48. The summed E-state index contributed by atoms with van der Waals surface area (Å²) in [6, 6.07) is 0.538. The van der Waals surface area contributed by atoms with E-state index >= 15 is 0 Å². The van der Waals surface area contributed by atoms with E-state index in [-0.39, 0.29) is 18.0 Å². The van der Waals surface area contributed by atoms with Gasteiger partial charge in [0.1, 0.15) is 5.76 Å². The van der Waals surface area contributed by atoms with Gasteiger partial charge in [-0.05, 0) is 37.5 Å². The van der Waals surface area contributed by atoms with Crippen LogP contribution < -0.4 is 5.73 Å². The van der Waals surface area contributed by atoms with Crippen LogP contribution in [-0.4, -0.2) is 16.9 Å². The molecular weight excluding hydrogens is 250 g/mol. The normalized spacial score (nSPS) is 24.7. The number of hydrogen-bond donors (Lipinski definition) is 2. The zero-order chi connectivity index (χ0) is 14.4. The fourth-order valence-corrected chi connectivity index (χ4v) is 3.76. The van der Waals surface area contributed by atoms with Crippen LogP contribution in [0.1, 0.15) is 70.6 Å². The molecule has 0 saturated heterocycles. The van der Waals surface area contributed by atoms with E-state index in [1.54, 1.807) is 0 Å². The summed E-state index contributed by atoms with van der Waals surface area (Å²) in [6.07, 6.45) is 15.8. The molecule has 3 rings (SSSR count). The molecule has 0 atom stereocenters. The third-order valence-corrected chi connectivity index (χ3v) is 5.07. The van der Waals surface area contributed by atoms with Gasteiger partial charge in [-0.2, -0.15) is 0 Å². The van der Waals surface area contributed by atoms with Crippen LogP contribution >= 0.6 is 0 Å². The second kappa shape index (κ2) is 7.82. The van der Waals surface area contributed by atoms with E-state index in [9.17, 15) is 4.79 Å². The second-order valence-corrected chi connectivity index (χ2v) is 6.65. The maximum absolute atomic E-state index is 9.87. The molecule has 2 fully saturated rings. The largest absolute Gasteiger partial charge is 0.512 e. The van der Waals surface area contributed by atoms with Gasteiger partial charge in [-0.15, -0.1) is 0 Å². The average molecular weight is 279 g/mol. The molecule has 0 aromatic rings. The lowest BCUT2D eigenvalue weighted by atomic mass is 9.74. The van der Waals surface area contributed by atoms with Gasteiger partial charge < -0.3 is 10.8 Å². The summed E-state index contributed by atoms with van der Waals surface area (Å²) in [5.41, 5.74) is 6.42. The van der Waals surface area contributed by atoms with E-state index in [1.165, 1.54) is 70.3 Å². The van der Waals surface area contributed by atoms with Gasteiger partial charge >= 0.3 is 0 Å².